The Kier molecular flexibility index (Phi) is 7.54. The van der Waals surface area contributed by atoms with Crippen LogP contribution in [0.4, 0.5) is 0 Å². The predicted octanol–water partition coefficient (Wildman–Crippen LogP) is 3.01. The zero-order valence-electron chi connectivity index (χ0n) is 16.2. The summed E-state index contributed by atoms with van der Waals surface area (Å²) in [4.78, 5) is 20.9. The van der Waals surface area contributed by atoms with E-state index in [0.717, 1.165) is 17.0 Å². The van der Waals surface area contributed by atoms with Crippen LogP contribution in [-0.4, -0.2) is 36.2 Å². The van der Waals surface area contributed by atoms with E-state index in [4.69, 9.17) is 14.2 Å². The van der Waals surface area contributed by atoms with Crippen molar-refractivity contribution in [1.29, 1.82) is 0 Å². The first kappa shape index (κ1) is 20.3. The summed E-state index contributed by atoms with van der Waals surface area (Å²) in [6, 6.07) is 16.6. The van der Waals surface area contributed by atoms with Gasteiger partial charge in [-0.05, 0) is 42.0 Å². The van der Waals surface area contributed by atoms with Gasteiger partial charge in [0.1, 0.15) is 24.5 Å². The van der Waals surface area contributed by atoms with Gasteiger partial charge in [-0.15, -0.1) is 0 Å². The van der Waals surface area contributed by atoms with Crippen LogP contribution in [0.2, 0.25) is 0 Å². The molecule has 0 radical (unpaired) electrons. The van der Waals surface area contributed by atoms with E-state index in [1.54, 1.807) is 31.6 Å². The van der Waals surface area contributed by atoms with Crippen LogP contribution in [0.5, 0.6) is 11.6 Å². The summed E-state index contributed by atoms with van der Waals surface area (Å²) in [6.45, 7) is 1.54. The number of carbonyl (C=O) groups excluding carboxylic acids is 1. The lowest BCUT2D eigenvalue weighted by atomic mass is 10.2. The van der Waals surface area contributed by atoms with Gasteiger partial charge in [-0.1, -0.05) is 18.2 Å². The van der Waals surface area contributed by atoms with E-state index < -0.39 is 0 Å². The average Bonchev–Trinajstić information content (AvgIpc) is 2.78. The van der Waals surface area contributed by atoms with E-state index in [0.29, 0.717) is 37.8 Å². The Morgan fingerprint density at radius 1 is 0.931 bits per heavy atom. The number of rotatable bonds is 10. The monoisotopic (exact) mass is 393 g/mol. The first-order chi connectivity index (χ1) is 14.3. The summed E-state index contributed by atoms with van der Waals surface area (Å²) >= 11 is 0. The molecule has 0 bridgehead atoms. The van der Waals surface area contributed by atoms with Crippen LogP contribution in [0.3, 0.4) is 0 Å². The van der Waals surface area contributed by atoms with Gasteiger partial charge in [0.25, 0.3) is 5.91 Å². The molecule has 1 amide bonds. The van der Waals surface area contributed by atoms with Crippen molar-refractivity contribution in [1.82, 2.24) is 15.3 Å². The molecule has 0 fully saturated rings. The fraction of sp³-hybridized carbons (Fsp3) is 0.227. The van der Waals surface area contributed by atoms with Crippen LogP contribution < -0.4 is 14.8 Å². The molecule has 0 unspecified atom stereocenters. The molecule has 0 spiro atoms. The number of amides is 1. The molecule has 0 atom stereocenters. The largest absolute Gasteiger partial charge is 0.487 e. The van der Waals surface area contributed by atoms with E-state index >= 15 is 0 Å². The SMILES string of the molecule is COCCOc1ncccc1C(=O)NCc1ccc(OCc2ccccn2)cc1. The van der Waals surface area contributed by atoms with Crippen LogP contribution in [0.25, 0.3) is 0 Å². The van der Waals surface area contributed by atoms with Crippen molar-refractivity contribution in [2.45, 2.75) is 13.2 Å². The minimum Gasteiger partial charge on any atom is -0.487 e. The van der Waals surface area contributed by atoms with Crippen LogP contribution in [0.1, 0.15) is 21.6 Å². The molecule has 3 aromatic rings. The van der Waals surface area contributed by atoms with E-state index in [1.165, 1.54) is 0 Å². The van der Waals surface area contributed by atoms with Crippen molar-refractivity contribution < 1.29 is 19.0 Å². The lowest BCUT2D eigenvalue weighted by Gasteiger charge is -2.11. The van der Waals surface area contributed by atoms with Crippen molar-refractivity contribution in [3.8, 4) is 11.6 Å². The van der Waals surface area contributed by atoms with Gasteiger partial charge in [0.05, 0.1) is 12.3 Å². The average molecular weight is 393 g/mol. The minimum atomic E-state index is -0.249. The number of nitrogens with zero attached hydrogens (tertiary/aromatic N) is 2. The number of benzene rings is 1. The number of nitrogens with one attached hydrogen (secondary N) is 1. The molecule has 0 saturated carbocycles. The van der Waals surface area contributed by atoms with Crippen molar-refractivity contribution >= 4 is 5.91 Å². The molecule has 3 rings (SSSR count). The van der Waals surface area contributed by atoms with Gasteiger partial charge in [0.2, 0.25) is 5.88 Å². The topological polar surface area (TPSA) is 82.6 Å². The molecule has 0 saturated heterocycles. The van der Waals surface area contributed by atoms with Crippen LogP contribution in [0.15, 0.2) is 67.0 Å². The first-order valence-corrected chi connectivity index (χ1v) is 9.23. The number of carbonyl (C=O) groups is 1. The third-order valence-electron chi connectivity index (χ3n) is 4.03. The second-order valence-corrected chi connectivity index (χ2v) is 6.13. The highest BCUT2D eigenvalue weighted by atomic mass is 16.5. The summed E-state index contributed by atoms with van der Waals surface area (Å²) < 4.78 is 16.2. The minimum absolute atomic E-state index is 0.249. The summed E-state index contributed by atoms with van der Waals surface area (Å²) in [5, 5.41) is 2.88. The zero-order valence-corrected chi connectivity index (χ0v) is 16.2. The Labute approximate surface area is 169 Å². The van der Waals surface area contributed by atoms with Gasteiger partial charge in [-0.2, -0.15) is 0 Å². The number of pyridine rings is 2. The highest BCUT2D eigenvalue weighted by molar-refractivity contribution is 5.96. The van der Waals surface area contributed by atoms with Gasteiger partial charge in [0.15, 0.2) is 0 Å². The van der Waals surface area contributed by atoms with Crippen LogP contribution in [-0.2, 0) is 17.9 Å². The third kappa shape index (κ3) is 6.29. The van der Waals surface area contributed by atoms with Crippen LogP contribution >= 0.6 is 0 Å². The Hall–Kier alpha value is -3.45. The molecule has 2 heterocycles. The number of hydrogen-bond donors (Lipinski definition) is 1. The summed E-state index contributed by atoms with van der Waals surface area (Å²) in [5.41, 5.74) is 2.21. The van der Waals surface area contributed by atoms with Crippen molar-refractivity contribution in [2.75, 3.05) is 20.3 Å². The van der Waals surface area contributed by atoms with Gasteiger partial charge in [0, 0.05) is 26.0 Å². The molecule has 29 heavy (non-hydrogen) atoms. The summed E-state index contributed by atoms with van der Waals surface area (Å²) in [6.07, 6.45) is 3.32. The standard InChI is InChI=1S/C22H23N3O4/c1-27-13-14-28-22-20(6-4-12-24-22)21(26)25-15-17-7-9-19(10-8-17)29-16-18-5-2-3-11-23-18/h2-12H,13-16H2,1H3,(H,25,26). The Balaban J connectivity index is 1.51. The van der Waals surface area contributed by atoms with Crippen molar-refractivity contribution in [2.24, 2.45) is 0 Å². The Bertz CT molecular complexity index is 901. The van der Waals surface area contributed by atoms with Crippen LogP contribution in [0, 0.1) is 0 Å². The van der Waals surface area contributed by atoms with Crippen molar-refractivity contribution in [3.05, 3.63) is 83.8 Å². The van der Waals surface area contributed by atoms with E-state index in [1.807, 2.05) is 42.5 Å². The highest BCUT2D eigenvalue weighted by Crippen LogP contribution is 2.16. The molecule has 7 nitrogen and oxygen atoms in total. The maximum Gasteiger partial charge on any atom is 0.257 e. The first-order valence-electron chi connectivity index (χ1n) is 9.23. The molecule has 1 aromatic carbocycles. The molecular formula is C22H23N3O4. The lowest BCUT2D eigenvalue weighted by molar-refractivity contribution is 0.0941. The fourth-order valence-corrected chi connectivity index (χ4v) is 2.52. The third-order valence-corrected chi connectivity index (χ3v) is 4.03. The molecule has 0 aliphatic carbocycles. The smallest absolute Gasteiger partial charge is 0.257 e. The second-order valence-electron chi connectivity index (χ2n) is 6.13. The molecular weight excluding hydrogens is 370 g/mol. The van der Waals surface area contributed by atoms with E-state index in [9.17, 15) is 4.79 Å². The fourth-order valence-electron chi connectivity index (χ4n) is 2.52. The van der Waals surface area contributed by atoms with Crippen molar-refractivity contribution in [3.63, 3.8) is 0 Å². The quantitative estimate of drug-likeness (QED) is 0.533. The maximum absolute atomic E-state index is 12.5. The Morgan fingerprint density at radius 3 is 2.52 bits per heavy atom. The molecule has 7 heteroatoms. The molecule has 150 valence electrons. The van der Waals surface area contributed by atoms with E-state index in [2.05, 4.69) is 15.3 Å². The second kappa shape index (κ2) is 10.8. The predicted molar refractivity (Wildman–Crippen MR) is 108 cm³/mol. The molecule has 2 aromatic heterocycles. The molecule has 0 aliphatic heterocycles. The number of ether oxygens (including phenoxy) is 3. The summed E-state index contributed by atoms with van der Waals surface area (Å²) in [7, 11) is 1.59. The van der Waals surface area contributed by atoms with Gasteiger partial charge >= 0.3 is 0 Å². The Morgan fingerprint density at radius 2 is 1.76 bits per heavy atom. The molecule has 0 aliphatic rings. The van der Waals surface area contributed by atoms with Gasteiger partial charge < -0.3 is 19.5 Å². The summed E-state index contributed by atoms with van der Waals surface area (Å²) in [5.74, 6) is 0.785. The normalized spacial score (nSPS) is 10.4. The number of methoxy groups -OCH3 is 1. The van der Waals surface area contributed by atoms with Gasteiger partial charge in [-0.25, -0.2) is 4.98 Å². The highest BCUT2D eigenvalue weighted by Gasteiger charge is 2.13. The number of hydrogen-bond acceptors (Lipinski definition) is 6. The zero-order chi connectivity index (χ0) is 20.3. The van der Waals surface area contributed by atoms with Gasteiger partial charge in [-0.3, -0.25) is 9.78 Å². The lowest BCUT2D eigenvalue weighted by Crippen LogP contribution is -2.24. The van der Waals surface area contributed by atoms with E-state index in [-0.39, 0.29) is 5.91 Å². The molecule has 1 N–H and O–H groups in total. The number of aromatic nitrogens is 2. The maximum atomic E-state index is 12.5.